The smallest absolute Gasteiger partial charge is 0.387 e. The third-order valence-electron chi connectivity index (χ3n) is 5.18. The van der Waals surface area contributed by atoms with Crippen molar-refractivity contribution in [1.82, 2.24) is 4.90 Å². The molecular formula is C20H24F4N4O5. The predicted octanol–water partition coefficient (Wildman–Crippen LogP) is 1.42. The van der Waals surface area contributed by atoms with E-state index < -0.39 is 49.1 Å². The van der Waals surface area contributed by atoms with E-state index in [4.69, 9.17) is 10.5 Å². The van der Waals surface area contributed by atoms with E-state index in [-0.39, 0.29) is 43.6 Å². The molecule has 0 spiro atoms. The number of alkyl halides is 4. The van der Waals surface area contributed by atoms with E-state index in [1.807, 2.05) is 0 Å². The third-order valence-corrected chi connectivity index (χ3v) is 5.18. The van der Waals surface area contributed by atoms with Crippen molar-refractivity contribution in [2.45, 2.75) is 31.9 Å². The summed E-state index contributed by atoms with van der Waals surface area (Å²) in [6.45, 7) is -3.78. The predicted molar refractivity (Wildman–Crippen MR) is 108 cm³/mol. The summed E-state index contributed by atoms with van der Waals surface area (Å²) < 4.78 is 61.6. The average Bonchev–Trinajstić information content (AvgIpc) is 3.52. The molecule has 2 aliphatic rings. The van der Waals surface area contributed by atoms with Crippen molar-refractivity contribution in [2.24, 2.45) is 11.7 Å². The van der Waals surface area contributed by atoms with E-state index in [1.165, 1.54) is 17.0 Å². The maximum absolute atomic E-state index is 13.1. The van der Waals surface area contributed by atoms with Gasteiger partial charge in [0.05, 0.1) is 18.8 Å². The van der Waals surface area contributed by atoms with Gasteiger partial charge in [0, 0.05) is 24.8 Å². The van der Waals surface area contributed by atoms with Crippen LogP contribution in [0.4, 0.5) is 28.9 Å². The molecule has 1 aliphatic heterocycles. The molecule has 0 aromatic heterocycles. The molecule has 33 heavy (non-hydrogen) atoms. The minimum atomic E-state index is -3.26. The number of rotatable bonds is 11. The highest BCUT2D eigenvalue weighted by atomic mass is 19.3. The van der Waals surface area contributed by atoms with Crippen molar-refractivity contribution in [2.75, 3.05) is 43.1 Å². The van der Waals surface area contributed by atoms with E-state index in [0.29, 0.717) is 0 Å². The van der Waals surface area contributed by atoms with Crippen molar-refractivity contribution < 1.29 is 41.4 Å². The Morgan fingerprint density at radius 3 is 2.58 bits per heavy atom. The maximum atomic E-state index is 13.1. The number of primary amides is 1. The Bertz CT molecular complexity index is 880. The van der Waals surface area contributed by atoms with Gasteiger partial charge < -0.3 is 25.4 Å². The van der Waals surface area contributed by atoms with E-state index in [2.05, 4.69) is 10.1 Å². The van der Waals surface area contributed by atoms with Gasteiger partial charge in [0.1, 0.15) is 6.61 Å². The summed E-state index contributed by atoms with van der Waals surface area (Å²) in [5, 5.41) is 2.27. The Hall–Kier alpha value is -2.93. The molecule has 1 aliphatic carbocycles. The minimum Gasteiger partial charge on any atom is -0.433 e. The highest BCUT2D eigenvalue weighted by molar-refractivity contribution is 6.10. The molecule has 13 heteroatoms. The van der Waals surface area contributed by atoms with Crippen molar-refractivity contribution in [3.05, 3.63) is 18.2 Å². The second-order valence-corrected chi connectivity index (χ2v) is 7.74. The number of nitrogens with two attached hydrogens (primary N) is 1. The number of morpholine rings is 1. The van der Waals surface area contributed by atoms with Crippen LogP contribution in [0.15, 0.2) is 18.2 Å². The maximum Gasteiger partial charge on any atom is 0.387 e. The van der Waals surface area contributed by atoms with E-state index in [1.54, 1.807) is 0 Å². The third kappa shape index (κ3) is 6.78. The average molecular weight is 476 g/mol. The monoisotopic (exact) mass is 476 g/mol. The van der Waals surface area contributed by atoms with Crippen LogP contribution in [0.2, 0.25) is 0 Å². The summed E-state index contributed by atoms with van der Waals surface area (Å²) in [6, 6.07) is 1.99. The SMILES string of the molecule is NC(=O)[C@H](C(=O)Nc1ccc(N2CCOCC2=O)cc1OC(F)F)N(CC(F)F)CC1CC1. The van der Waals surface area contributed by atoms with Crippen molar-refractivity contribution in [1.29, 1.82) is 0 Å². The van der Waals surface area contributed by atoms with Crippen LogP contribution in [0.1, 0.15) is 12.8 Å². The van der Waals surface area contributed by atoms with Gasteiger partial charge in [0.25, 0.3) is 18.2 Å². The zero-order chi connectivity index (χ0) is 24.1. The highest BCUT2D eigenvalue weighted by Crippen LogP contribution is 2.33. The lowest BCUT2D eigenvalue weighted by Gasteiger charge is -2.29. The second kappa shape index (κ2) is 10.8. The fourth-order valence-corrected chi connectivity index (χ4v) is 3.54. The first-order valence-electron chi connectivity index (χ1n) is 10.2. The van der Waals surface area contributed by atoms with Crippen LogP contribution in [-0.4, -0.2) is 74.5 Å². The lowest BCUT2D eigenvalue weighted by atomic mass is 10.1. The summed E-state index contributed by atoms with van der Waals surface area (Å²) >= 11 is 0. The molecule has 1 aromatic carbocycles. The molecule has 1 aromatic rings. The van der Waals surface area contributed by atoms with Gasteiger partial charge in [0.2, 0.25) is 5.91 Å². The van der Waals surface area contributed by atoms with Crippen molar-refractivity contribution in [3.63, 3.8) is 0 Å². The second-order valence-electron chi connectivity index (χ2n) is 7.74. The number of nitrogens with one attached hydrogen (secondary N) is 1. The molecule has 3 N–H and O–H groups in total. The molecule has 1 heterocycles. The summed E-state index contributed by atoms with van der Waals surface area (Å²) in [7, 11) is 0. The van der Waals surface area contributed by atoms with Gasteiger partial charge in [-0.25, -0.2) is 8.78 Å². The quantitative estimate of drug-likeness (QED) is 0.369. The molecule has 9 nitrogen and oxygen atoms in total. The Balaban J connectivity index is 1.84. The Labute approximate surface area is 186 Å². The van der Waals surface area contributed by atoms with Crippen LogP contribution >= 0.6 is 0 Å². The zero-order valence-corrected chi connectivity index (χ0v) is 17.5. The van der Waals surface area contributed by atoms with Gasteiger partial charge in [-0.3, -0.25) is 19.3 Å². The number of carbonyl (C=O) groups is 3. The van der Waals surface area contributed by atoms with Crippen LogP contribution in [0.3, 0.4) is 0 Å². The highest BCUT2D eigenvalue weighted by Gasteiger charge is 2.37. The van der Waals surface area contributed by atoms with Crippen LogP contribution in [0, 0.1) is 5.92 Å². The first-order valence-corrected chi connectivity index (χ1v) is 10.2. The molecule has 3 rings (SSSR count). The number of carbonyl (C=O) groups excluding carboxylic acids is 3. The molecular weight excluding hydrogens is 452 g/mol. The molecule has 2 fully saturated rings. The van der Waals surface area contributed by atoms with Gasteiger partial charge >= 0.3 is 6.61 Å². The fourth-order valence-electron chi connectivity index (χ4n) is 3.54. The van der Waals surface area contributed by atoms with Gasteiger partial charge in [-0.05, 0) is 30.9 Å². The van der Waals surface area contributed by atoms with Crippen molar-refractivity contribution in [3.8, 4) is 5.75 Å². The fraction of sp³-hybridized carbons (Fsp3) is 0.550. The van der Waals surface area contributed by atoms with Crippen LogP contribution in [0.25, 0.3) is 0 Å². The van der Waals surface area contributed by atoms with Gasteiger partial charge in [-0.1, -0.05) is 0 Å². The lowest BCUT2D eigenvalue weighted by molar-refractivity contribution is -0.133. The summed E-state index contributed by atoms with van der Waals surface area (Å²) in [5.74, 6) is -3.00. The molecule has 1 atom stereocenters. The van der Waals surface area contributed by atoms with Gasteiger partial charge in [-0.2, -0.15) is 8.78 Å². The number of nitrogens with zero attached hydrogens (tertiary/aromatic N) is 2. The standard InChI is InChI=1S/C20H24F4N4O5/c21-15(22)9-27(8-11-1-2-11)17(18(25)30)19(31)26-13-4-3-12(7-14(13)33-20(23)24)28-5-6-32-10-16(28)29/h3-4,7,11,15,17,20H,1-2,5-6,8-10H2,(H2,25,30)(H,26,31)/t17-/m1/s1. The Morgan fingerprint density at radius 2 is 2.00 bits per heavy atom. The number of hydrogen-bond donors (Lipinski definition) is 2. The molecule has 3 amide bonds. The lowest BCUT2D eigenvalue weighted by Crippen LogP contribution is -2.54. The Morgan fingerprint density at radius 1 is 1.27 bits per heavy atom. The number of anilines is 2. The first kappa shape index (κ1) is 24.7. The van der Waals surface area contributed by atoms with Crippen LogP contribution in [0.5, 0.6) is 5.75 Å². The van der Waals surface area contributed by atoms with Crippen molar-refractivity contribution >= 4 is 29.1 Å². The van der Waals surface area contributed by atoms with E-state index in [9.17, 15) is 31.9 Å². The molecule has 182 valence electrons. The minimum absolute atomic E-state index is 0.0708. The zero-order valence-electron chi connectivity index (χ0n) is 17.5. The van der Waals surface area contributed by atoms with Crippen LogP contribution in [-0.2, 0) is 19.1 Å². The topological polar surface area (TPSA) is 114 Å². The molecule has 1 saturated carbocycles. The molecule has 1 saturated heterocycles. The van der Waals surface area contributed by atoms with Crippen LogP contribution < -0.4 is 20.7 Å². The summed E-state index contributed by atoms with van der Waals surface area (Å²) in [6.07, 6.45) is -1.26. The van der Waals surface area contributed by atoms with Gasteiger partial charge in [0.15, 0.2) is 11.8 Å². The molecule has 0 bridgehead atoms. The van der Waals surface area contributed by atoms with E-state index >= 15 is 0 Å². The number of amides is 3. The first-order chi connectivity index (χ1) is 15.7. The number of benzene rings is 1. The number of halogens is 4. The normalized spacial score (nSPS) is 17.5. The summed E-state index contributed by atoms with van der Waals surface area (Å²) in [4.78, 5) is 39.2. The van der Waals surface area contributed by atoms with E-state index in [0.717, 1.165) is 23.8 Å². The van der Waals surface area contributed by atoms with Gasteiger partial charge in [-0.15, -0.1) is 0 Å². The number of ether oxygens (including phenoxy) is 2. The summed E-state index contributed by atoms with van der Waals surface area (Å²) in [5.41, 5.74) is 5.32. The molecule has 0 unspecified atom stereocenters. The number of hydrogen-bond acceptors (Lipinski definition) is 6. The molecule has 0 radical (unpaired) electrons. The Kier molecular flexibility index (Phi) is 8.08. The largest absolute Gasteiger partial charge is 0.433 e.